The summed E-state index contributed by atoms with van der Waals surface area (Å²) in [5.74, 6) is 0.226. The minimum Gasteiger partial charge on any atom is -0.462 e. The molecule has 0 aliphatic carbocycles. The molecular formula is C25H22ClNO3S2. The first-order valence-corrected chi connectivity index (χ1v) is 12.4. The van der Waals surface area contributed by atoms with Crippen molar-refractivity contribution in [3.05, 3.63) is 81.3 Å². The van der Waals surface area contributed by atoms with E-state index in [0.29, 0.717) is 26.4 Å². The lowest BCUT2D eigenvalue weighted by Crippen LogP contribution is -2.06. The molecular weight excluding hydrogens is 462 g/mol. The molecule has 0 radical (unpaired) electrons. The van der Waals surface area contributed by atoms with Crippen molar-refractivity contribution in [2.45, 2.75) is 25.0 Å². The second-order valence-corrected chi connectivity index (χ2v) is 10.2. The molecule has 0 spiro atoms. The van der Waals surface area contributed by atoms with Gasteiger partial charge in [0.05, 0.1) is 32.3 Å². The van der Waals surface area contributed by atoms with Crippen molar-refractivity contribution in [3.8, 4) is 0 Å². The van der Waals surface area contributed by atoms with Crippen LogP contribution in [0, 0.1) is 0 Å². The normalized spacial score (nSPS) is 11.1. The van der Waals surface area contributed by atoms with E-state index in [4.69, 9.17) is 16.3 Å². The number of hydrogen-bond acceptors (Lipinski definition) is 5. The molecule has 0 bridgehead atoms. The summed E-state index contributed by atoms with van der Waals surface area (Å²) in [7, 11) is 0. The molecule has 0 aliphatic heterocycles. The van der Waals surface area contributed by atoms with Gasteiger partial charge >= 0.3 is 5.97 Å². The number of fused-ring (bicyclic) bond motifs is 3. The van der Waals surface area contributed by atoms with Gasteiger partial charge in [-0.3, -0.25) is 4.79 Å². The smallest absolute Gasteiger partial charge is 0.341 e. The van der Waals surface area contributed by atoms with Gasteiger partial charge in [-0.25, -0.2) is 4.79 Å². The third kappa shape index (κ3) is 4.22. The number of esters is 1. The van der Waals surface area contributed by atoms with Gasteiger partial charge in [-0.1, -0.05) is 29.3 Å². The summed E-state index contributed by atoms with van der Waals surface area (Å²) in [6, 6.07) is 12.5. The molecule has 4 rings (SSSR count). The Balaban J connectivity index is 2.00. The molecule has 4 nitrogen and oxygen atoms in total. The van der Waals surface area contributed by atoms with Gasteiger partial charge in [0.15, 0.2) is 0 Å². The Hall–Kier alpha value is -2.54. The van der Waals surface area contributed by atoms with E-state index < -0.39 is 5.97 Å². The molecule has 1 aromatic carbocycles. The van der Waals surface area contributed by atoms with Crippen LogP contribution >= 0.6 is 34.7 Å². The number of carbonyl (C=O) groups is 2. The number of thiophene rings is 1. The summed E-state index contributed by atoms with van der Waals surface area (Å²) in [6.07, 6.45) is 4.08. The van der Waals surface area contributed by atoms with Crippen LogP contribution in [0.4, 0.5) is 0 Å². The van der Waals surface area contributed by atoms with Crippen molar-refractivity contribution in [2.75, 3.05) is 12.4 Å². The van der Waals surface area contributed by atoms with Crippen LogP contribution in [-0.4, -0.2) is 28.5 Å². The van der Waals surface area contributed by atoms with Crippen molar-refractivity contribution in [3.63, 3.8) is 0 Å². The number of ketones is 1. The van der Waals surface area contributed by atoms with E-state index >= 15 is 0 Å². The number of nitrogens with zero attached hydrogens (tertiary/aromatic N) is 1. The van der Waals surface area contributed by atoms with E-state index in [1.165, 1.54) is 16.9 Å². The zero-order valence-corrected chi connectivity index (χ0v) is 20.4. The molecule has 3 heterocycles. The number of halogens is 1. The molecule has 164 valence electrons. The van der Waals surface area contributed by atoms with Crippen LogP contribution in [0.2, 0.25) is 5.02 Å². The summed E-state index contributed by atoms with van der Waals surface area (Å²) in [5, 5.41) is 1.22. The van der Waals surface area contributed by atoms with Crippen molar-refractivity contribution in [1.82, 2.24) is 4.40 Å². The van der Waals surface area contributed by atoms with E-state index in [1.807, 2.05) is 28.8 Å². The highest BCUT2D eigenvalue weighted by molar-refractivity contribution is 8.01. The van der Waals surface area contributed by atoms with Crippen LogP contribution in [-0.2, 0) is 4.74 Å². The maximum atomic E-state index is 13.6. The molecule has 3 aromatic heterocycles. The average Bonchev–Trinajstić information content (AvgIpc) is 3.30. The summed E-state index contributed by atoms with van der Waals surface area (Å²) < 4.78 is 8.37. The fraction of sp³-hybridized carbons (Fsp3) is 0.200. The minimum atomic E-state index is -0.421. The predicted molar refractivity (Wildman–Crippen MR) is 134 cm³/mol. The maximum absolute atomic E-state index is 13.6. The Kier molecular flexibility index (Phi) is 6.74. The quantitative estimate of drug-likeness (QED) is 0.120. The number of benzene rings is 1. The molecule has 0 saturated heterocycles. The van der Waals surface area contributed by atoms with Gasteiger partial charge in [0.1, 0.15) is 0 Å². The second kappa shape index (κ2) is 9.53. The first kappa shape index (κ1) is 22.6. The van der Waals surface area contributed by atoms with Crippen LogP contribution in [0.3, 0.4) is 0 Å². The van der Waals surface area contributed by atoms with Gasteiger partial charge in [0, 0.05) is 27.9 Å². The fourth-order valence-electron chi connectivity index (χ4n) is 3.51. The zero-order valence-electron chi connectivity index (χ0n) is 18.0. The molecule has 32 heavy (non-hydrogen) atoms. The van der Waals surface area contributed by atoms with Crippen molar-refractivity contribution < 1.29 is 14.3 Å². The molecule has 0 N–H and O–H groups in total. The van der Waals surface area contributed by atoms with Gasteiger partial charge in [-0.05, 0) is 57.2 Å². The van der Waals surface area contributed by atoms with Crippen LogP contribution in [0.15, 0.2) is 64.5 Å². The highest BCUT2D eigenvalue weighted by atomic mass is 35.5. The Morgan fingerprint density at radius 1 is 1.16 bits per heavy atom. The topological polar surface area (TPSA) is 47.8 Å². The standard InChI is InChI=1S/C25H22ClNO3S2/c1-4-30-24(29)19-18-7-5-6-13-27(18)21-20(19)23(32-25(21)31-14-12-15(2)3)22(28)16-8-10-17(26)11-9-16/h5-13H,4,14H2,1-3H3. The summed E-state index contributed by atoms with van der Waals surface area (Å²) in [4.78, 5) is 27.1. The van der Waals surface area contributed by atoms with Crippen LogP contribution in [0.25, 0.3) is 16.4 Å². The number of pyridine rings is 1. The van der Waals surface area contributed by atoms with Gasteiger partial charge in [0.25, 0.3) is 0 Å². The maximum Gasteiger partial charge on any atom is 0.341 e. The summed E-state index contributed by atoms with van der Waals surface area (Å²) >= 11 is 9.11. The number of carbonyl (C=O) groups excluding carboxylic acids is 2. The Morgan fingerprint density at radius 2 is 1.91 bits per heavy atom. The first-order chi connectivity index (χ1) is 15.4. The summed E-state index contributed by atoms with van der Waals surface area (Å²) in [5.41, 5.74) is 3.81. The zero-order chi connectivity index (χ0) is 22.8. The monoisotopic (exact) mass is 483 g/mol. The number of rotatable bonds is 7. The molecule has 0 fully saturated rings. The SMILES string of the molecule is CCOC(=O)c1c2c(C(=O)c3ccc(Cl)cc3)sc(SCC=C(C)C)c2n2ccccc12. The minimum absolute atomic E-state index is 0.132. The largest absolute Gasteiger partial charge is 0.462 e. The lowest BCUT2D eigenvalue weighted by molar-refractivity contribution is 0.0531. The molecule has 0 amide bonds. The first-order valence-electron chi connectivity index (χ1n) is 10.2. The average molecular weight is 484 g/mol. The number of aromatic nitrogens is 1. The van der Waals surface area contributed by atoms with Crippen molar-refractivity contribution in [1.29, 1.82) is 0 Å². The molecule has 7 heteroatoms. The van der Waals surface area contributed by atoms with Gasteiger partial charge in [-0.15, -0.1) is 23.1 Å². The second-order valence-electron chi connectivity index (χ2n) is 7.42. The van der Waals surface area contributed by atoms with E-state index in [9.17, 15) is 9.59 Å². The molecule has 0 aliphatic rings. The number of thioether (sulfide) groups is 1. The summed E-state index contributed by atoms with van der Waals surface area (Å²) in [6.45, 7) is 6.16. The Labute approximate surface area is 199 Å². The van der Waals surface area contributed by atoms with E-state index in [-0.39, 0.29) is 12.4 Å². The van der Waals surface area contributed by atoms with Gasteiger partial charge < -0.3 is 9.14 Å². The van der Waals surface area contributed by atoms with E-state index in [1.54, 1.807) is 43.0 Å². The molecule has 0 saturated carbocycles. The number of allylic oxidation sites excluding steroid dienone is 1. The highest BCUT2D eigenvalue weighted by Crippen LogP contribution is 2.44. The fourth-order valence-corrected chi connectivity index (χ4v) is 6.22. The third-order valence-corrected chi connectivity index (χ3v) is 7.57. The number of ether oxygens (including phenoxy) is 1. The Morgan fingerprint density at radius 3 is 2.59 bits per heavy atom. The lowest BCUT2D eigenvalue weighted by atomic mass is 10.1. The Bertz CT molecular complexity index is 1350. The van der Waals surface area contributed by atoms with Gasteiger partial charge in [-0.2, -0.15) is 0 Å². The van der Waals surface area contributed by atoms with Gasteiger partial charge in [0.2, 0.25) is 5.78 Å². The van der Waals surface area contributed by atoms with Crippen LogP contribution < -0.4 is 0 Å². The van der Waals surface area contributed by atoms with Crippen molar-refractivity contribution in [2.24, 2.45) is 0 Å². The number of hydrogen-bond donors (Lipinski definition) is 0. The molecule has 4 aromatic rings. The lowest BCUT2D eigenvalue weighted by Gasteiger charge is -2.04. The molecule has 0 unspecified atom stereocenters. The highest BCUT2D eigenvalue weighted by Gasteiger charge is 2.29. The predicted octanol–water partition coefficient (Wildman–Crippen LogP) is 7.27. The van der Waals surface area contributed by atoms with E-state index in [0.717, 1.165) is 21.0 Å². The third-order valence-electron chi connectivity index (χ3n) is 4.96. The van der Waals surface area contributed by atoms with E-state index in [2.05, 4.69) is 19.9 Å². The molecule has 0 atom stereocenters. The van der Waals surface area contributed by atoms with Crippen LogP contribution in [0.5, 0.6) is 0 Å². The van der Waals surface area contributed by atoms with Crippen LogP contribution in [0.1, 0.15) is 46.4 Å². The van der Waals surface area contributed by atoms with Crippen molar-refractivity contribution >= 4 is 62.9 Å².